The number of carbonyl (C=O) groups excluding carboxylic acids is 2. The molecule has 7 nitrogen and oxygen atoms in total. The molecule has 9 heteroatoms. The molecule has 0 aromatic carbocycles. The second-order valence-corrected chi connectivity index (χ2v) is 8.86. The fourth-order valence-corrected chi connectivity index (χ4v) is 3.51. The van der Waals surface area contributed by atoms with Crippen molar-refractivity contribution >= 4 is 51.6 Å². The first-order chi connectivity index (χ1) is 13.3. The van der Waals surface area contributed by atoms with Crippen LogP contribution in [-0.2, 0) is 24.4 Å². The maximum absolute atomic E-state index is 12.0. The second kappa shape index (κ2) is 19.8. The summed E-state index contributed by atoms with van der Waals surface area (Å²) in [5, 5.41) is 0.741. The minimum absolute atomic E-state index is 0. The van der Waals surface area contributed by atoms with Crippen LogP contribution in [0.2, 0.25) is 0 Å². The zero-order valence-corrected chi connectivity index (χ0v) is 21.4. The van der Waals surface area contributed by atoms with E-state index in [-0.39, 0.29) is 36.2 Å². The molecule has 2 N–H and O–H groups in total. The smallest absolute Gasteiger partial charge is 0.327 e. The van der Waals surface area contributed by atoms with Crippen LogP contribution in [0, 0.1) is 0 Å². The van der Waals surface area contributed by atoms with Gasteiger partial charge < -0.3 is 10.1 Å². The Bertz CT molecular complexity index is 527. The van der Waals surface area contributed by atoms with Gasteiger partial charge in [-0.25, -0.2) is 0 Å². The third-order valence-electron chi connectivity index (χ3n) is 4.59. The van der Waals surface area contributed by atoms with E-state index in [1.165, 1.54) is 25.7 Å². The Hall–Kier alpha value is -0.150. The largest absolute Gasteiger partial charge is 0.465 e. The number of rotatable bonds is 18. The van der Waals surface area contributed by atoms with Gasteiger partial charge in [0, 0.05) is 36.1 Å². The molecular formula is C20H39NNaO6S. The standard InChI is InChI=1S/C20H39NO6S.Na/c1-3-5-7-9-11-13-15-21-19(22)17-18(28(24,25)26)20(23)27-16-14-12-10-8-6-4-2;/h18H,3-17H2,1-2H3,(H,21,22)(H,24,25,26);. The van der Waals surface area contributed by atoms with Gasteiger partial charge in [0.25, 0.3) is 10.1 Å². The summed E-state index contributed by atoms with van der Waals surface area (Å²) in [6.07, 6.45) is 11.8. The molecule has 0 spiro atoms. The monoisotopic (exact) mass is 444 g/mol. The topological polar surface area (TPSA) is 110 Å². The molecule has 167 valence electrons. The molecule has 0 aliphatic heterocycles. The normalized spacial score (nSPS) is 12.1. The number of esters is 1. The van der Waals surface area contributed by atoms with Crippen molar-refractivity contribution in [3.63, 3.8) is 0 Å². The van der Waals surface area contributed by atoms with Gasteiger partial charge in [-0.1, -0.05) is 78.1 Å². The third-order valence-corrected chi connectivity index (χ3v) is 5.67. The van der Waals surface area contributed by atoms with E-state index in [1.807, 2.05) is 0 Å². The molecule has 0 aromatic heterocycles. The first-order valence-corrected chi connectivity index (χ1v) is 12.2. The summed E-state index contributed by atoms with van der Waals surface area (Å²) in [4.78, 5) is 23.9. The maximum Gasteiger partial charge on any atom is 0.327 e. The van der Waals surface area contributed by atoms with Crippen molar-refractivity contribution in [3.05, 3.63) is 0 Å². The summed E-state index contributed by atoms with van der Waals surface area (Å²) >= 11 is 0. The molecule has 0 aromatic rings. The zero-order valence-electron chi connectivity index (χ0n) is 18.6. The Morgan fingerprint density at radius 2 is 1.34 bits per heavy atom. The van der Waals surface area contributed by atoms with E-state index >= 15 is 0 Å². The molecule has 0 fully saturated rings. The van der Waals surface area contributed by atoms with Gasteiger partial charge in [-0.15, -0.1) is 0 Å². The molecule has 0 bridgehead atoms. The van der Waals surface area contributed by atoms with Crippen LogP contribution in [0.3, 0.4) is 0 Å². The number of carbonyl (C=O) groups is 2. The van der Waals surface area contributed by atoms with Crippen molar-refractivity contribution in [2.45, 2.75) is 103 Å². The van der Waals surface area contributed by atoms with Crippen LogP contribution >= 0.6 is 0 Å². The van der Waals surface area contributed by atoms with Crippen LogP contribution in [0.4, 0.5) is 0 Å². The van der Waals surface area contributed by atoms with Gasteiger partial charge >= 0.3 is 5.97 Å². The van der Waals surface area contributed by atoms with Gasteiger partial charge in [-0.3, -0.25) is 14.1 Å². The van der Waals surface area contributed by atoms with Crippen molar-refractivity contribution in [1.29, 1.82) is 0 Å². The van der Waals surface area contributed by atoms with Crippen LogP contribution < -0.4 is 5.32 Å². The predicted molar refractivity (Wildman–Crippen MR) is 116 cm³/mol. The number of unbranched alkanes of at least 4 members (excludes halogenated alkanes) is 10. The van der Waals surface area contributed by atoms with E-state index in [0.29, 0.717) is 13.0 Å². The number of hydrogen-bond acceptors (Lipinski definition) is 5. The first kappa shape index (κ1) is 31.0. The average Bonchev–Trinajstić information content (AvgIpc) is 2.63. The van der Waals surface area contributed by atoms with Crippen LogP contribution in [0.1, 0.15) is 97.3 Å². The van der Waals surface area contributed by atoms with Crippen molar-refractivity contribution in [1.82, 2.24) is 5.32 Å². The van der Waals surface area contributed by atoms with Crippen LogP contribution in [0.15, 0.2) is 0 Å². The van der Waals surface area contributed by atoms with Crippen molar-refractivity contribution in [3.8, 4) is 0 Å². The summed E-state index contributed by atoms with van der Waals surface area (Å²) in [6.45, 7) is 4.79. The summed E-state index contributed by atoms with van der Waals surface area (Å²) < 4.78 is 37.2. The quantitative estimate of drug-likeness (QED) is 0.145. The van der Waals surface area contributed by atoms with Crippen molar-refractivity contribution < 1.29 is 27.3 Å². The molecule has 1 radical (unpaired) electrons. The van der Waals surface area contributed by atoms with Gasteiger partial charge in [0.15, 0.2) is 5.25 Å². The van der Waals surface area contributed by atoms with Gasteiger partial charge in [-0.2, -0.15) is 8.42 Å². The van der Waals surface area contributed by atoms with Gasteiger partial charge in [0.05, 0.1) is 13.0 Å². The molecular weight excluding hydrogens is 405 g/mol. The fraction of sp³-hybridized carbons (Fsp3) is 0.900. The molecule has 0 saturated heterocycles. The van der Waals surface area contributed by atoms with E-state index in [0.717, 1.165) is 44.9 Å². The number of hydrogen-bond donors (Lipinski definition) is 2. The Balaban J connectivity index is 0. The zero-order chi connectivity index (χ0) is 21.3. The molecule has 0 saturated carbocycles. The molecule has 0 heterocycles. The second-order valence-electron chi connectivity index (χ2n) is 7.26. The van der Waals surface area contributed by atoms with Gasteiger partial charge in [0.1, 0.15) is 0 Å². The molecule has 0 aliphatic carbocycles. The maximum atomic E-state index is 12.0. The van der Waals surface area contributed by atoms with Crippen LogP contribution in [0.5, 0.6) is 0 Å². The summed E-state index contributed by atoms with van der Waals surface area (Å²) in [5.74, 6) is -1.64. The van der Waals surface area contributed by atoms with E-state index in [1.54, 1.807) is 0 Å². The molecule has 1 unspecified atom stereocenters. The van der Waals surface area contributed by atoms with Gasteiger partial charge in [0.2, 0.25) is 5.91 Å². The van der Waals surface area contributed by atoms with E-state index in [2.05, 4.69) is 19.2 Å². The molecule has 1 amide bonds. The van der Waals surface area contributed by atoms with Crippen molar-refractivity contribution in [2.24, 2.45) is 0 Å². The average molecular weight is 445 g/mol. The molecule has 1 atom stereocenters. The minimum atomic E-state index is -4.69. The Morgan fingerprint density at radius 1 is 0.862 bits per heavy atom. The van der Waals surface area contributed by atoms with Gasteiger partial charge in [-0.05, 0) is 12.8 Å². The fourth-order valence-electron chi connectivity index (χ4n) is 2.83. The minimum Gasteiger partial charge on any atom is -0.465 e. The summed E-state index contributed by atoms with van der Waals surface area (Å²) in [6, 6.07) is 0. The van der Waals surface area contributed by atoms with E-state index < -0.39 is 33.7 Å². The SMILES string of the molecule is CCCCCCCCNC(=O)CC(C(=O)OCCCCCCCC)S(=O)(=O)O.[Na]. The summed E-state index contributed by atoms with van der Waals surface area (Å²) in [7, 11) is -4.69. The molecule has 0 aliphatic rings. The molecule has 29 heavy (non-hydrogen) atoms. The predicted octanol–water partition coefficient (Wildman–Crippen LogP) is 3.63. The Morgan fingerprint density at radius 3 is 1.86 bits per heavy atom. The Kier molecular flexibility index (Phi) is 21.2. The van der Waals surface area contributed by atoms with Crippen LogP contribution in [-0.4, -0.2) is 72.8 Å². The number of amides is 1. The third kappa shape index (κ3) is 18.3. The Labute approximate surface area is 199 Å². The van der Waals surface area contributed by atoms with E-state index in [4.69, 9.17) is 4.74 Å². The first-order valence-electron chi connectivity index (χ1n) is 10.7. The molecule has 0 rings (SSSR count). The van der Waals surface area contributed by atoms with Crippen molar-refractivity contribution in [2.75, 3.05) is 13.2 Å². The number of ether oxygens (including phenoxy) is 1. The van der Waals surface area contributed by atoms with E-state index in [9.17, 15) is 22.6 Å². The summed E-state index contributed by atoms with van der Waals surface area (Å²) in [5.41, 5.74) is 0. The number of nitrogens with one attached hydrogen (secondary N) is 1. The van der Waals surface area contributed by atoms with Crippen LogP contribution in [0.25, 0.3) is 0 Å².